The second-order valence-electron chi connectivity index (χ2n) is 4.23. The van der Waals surface area contributed by atoms with Crippen molar-refractivity contribution >= 4 is 40.3 Å². The monoisotopic (exact) mass is 324 g/mol. The van der Waals surface area contributed by atoms with E-state index >= 15 is 0 Å². The number of allylic oxidation sites excluding steroid dienone is 1. The van der Waals surface area contributed by atoms with Crippen molar-refractivity contribution in [2.75, 3.05) is 6.26 Å². The van der Waals surface area contributed by atoms with E-state index in [1.165, 1.54) is 6.07 Å². The van der Waals surface area contributed by atoms with Crippen molar-refractivity contribution in [3.63, 3.8) is 0 Å². The van der Waals surface area contributed by atoms with E-state index in [2.05, 4.69) is 0 Å². The molecule has 2 aromatic rings. The summed E-state index contributed by atoms with van der Waals surface area (Å²) >= 11 is 7.15. The zero-order valence-corrected chi connectivity index (χ0v) is 12.6. The van der Waals surface area contributed by atoms with Gasteiger partial charge in [-0.3, -0.25) is 4.79 Å². The largest absolute Gasteiger partial charge is 0.276 e. The molecule has 0 N–H and O–H groups in total. The summed E-state index contributed by atoms with van der Waals surface area (Å²) in [6.07, 6.45) is 3.51. The summed E-state index contributed by atoms with van der Waals surface area (Å²) < 4.78 is 26.2. The molecule has 2 aromatic carbocycles. The zero-order valence-electron chi connectivity index (χ0n) is 11.1. The molecule has 0 spiro atoms. The number of hydrogen-bond acceptors (Lipinski definition) is 2. The molecule has 0 unspecified atom stereocenters. The third-order valence-electron chi connectivity index (χ3n) is 2.87. The summed E-state index contributed by atoms with van der Waals surface area (Å²) in [5, 5.41) is -0.727. The van der Waals surface area contributed by atoms with E-state index < -0.39 is 16.9 Å². The van der Waals surface area contributed by atoms with Gasteiger partial charge >= 0.3 is 0 Å². The van der Waals surface area contributed by atoms with Crippen LogP contribution in [0.15, 0.2) is 47.4 Å². The highest BCUT2D eigenvalue weighted by Gasteiger charge is 2.12. The van der Waals surface area contributed by atoms with Gasteiger partial charge < -0.3 is 0 Å². The minimum atomic E-state index is -1.02. The van der Waals surface area contributed by atoms with Crippen LogP contribution in [0.2, 0.25) is 0 Å². The van der Waals surface area contributed by atoms with E-state index in [1.54, 1.807) is 17.8 Å². The number of carbonyl (C=O) groups excluding carboxylic acids is 1. The molecule has 21 heavy (non-hydrogen) atoms. The third kappa shape index (κ3) is 3.93. The topological polar surface area (TPSA) is 17.1 Å². The van der Waals surface area contributed by atoms with Gasteiger partial charge in [-0.05, 0) is 59.3 Å². The molecule has 0 atom stereocenters. The number of hydrogen-bond donors (Lipinski definition) is 0. The minimum Gasteiger partial charge on any atom is -0.276 e. The Morgan fingerprint density at radius 3 is 2.29 bits per heavy atom. The fourth-order valence-electron chi connectivity index (χ4n) is 1.78. The first-order valence-electron chi connectivity index (χ1n) is 6.02. The van der Waals surface area contributed by atoms with E-state index in [-0.39, 0.29) is 11.1 Å². The third-order valence-corrected chi connectivity index (χ3v) is 3.82. The molecule has 108 valence electrons. The molecule has 0 heterocycles. The molecule has 0 aliphatic heterocycles. The summed E-state index contributed by atoms with van der Waals surface area (Å²) in [4.78, 5) is 12.6. The minimum absolute atomic E-state index is 0.118. The molecule has 5 heteroatoms. The van der Waals surface area contributed by atoms with Crippen LogP contribution < -0.4 is 0 Å². The maximum absolute atomic E-state index is 13.3. The fourth-order valence-corrected chi connectivity index (χ4v) is 2.36. The number of halogens is 3. The van der Waals surface area contributed by atoms with Crippen LogP contribution in [0.3, 0.4) is 0 Å². The smallest absolute Gasteiger partial charge is 0.253 e. The van der Waals surface area contributed by atoms with Crippen LogP contribution in [0, 0.1) is 11.6 Å². The molecule has 0 bridgehead atoms. The van der Waals surface area contributed by atoms with Crippen LogP contribution in [0.5, 0.6) is 0 Å². The van der Waals surface area contributed by atoms with E-state index in [0.29, 0.717) is 0 Å². The molecule has 0 radical (unpaired) electrons. The number of benzene rings is 2. The average molecular weight is 325 g/mol. The van der Waals surface area contributed by atoms with E-state index in [4.69, 9.17) is 11.6 Å². The predicted molar refractivity (Wildman–Crippen MR) is 83.3 cm³/mol. The quantitative estimate of drug-likeness (QED) is 0.341. The van der Waals surface area contributed by atoms with E-state index in [9.17, 15) is 13.6 Å². The summed E-state index contributed by atoms with van der Waals surface area (Å²) in [5.74, 6) is -1.99. The maximum atomic E-state index is 13.3. The Hall–Kier alpha value is -1.65. The second kappa shape index (κ2) is 6.87. The SMILES string of the molecule is CSc1ccc(/C=C(\C(=O)Cl)c2ccc(F)c(F)c2)cc1. The van der Waals surface area contributed by atoms with Gasteiger partial charge in [-0.2, -0.15) is 0 Å². The Bertz CT molecular complexity index is 696. The van der Waals surface area contributed by atoms with Crippen LogP contribution in [-0.2, 0) is 4.79 Å². The normalized spacial score (nSPS) is 11.5. The van der Waals surface area contributed by atoms with Crippen LogP contribution in [0.25, 0.3) is 11.6 Å². The van der Waals surface area contributed by atoms with Crippen LogP contribution in [-0.4, -0.2) is 11.5 Å². The first-order valence-corrected chi connectivity index (χ1v) is 7.62. The van der Waals surface area contributed by atoms with E-state index in [0.717, 1.165) is 22.6 Å². The molecule has 0 aromatic heterocycles. The highest BCUT2D eigenvalue weighted by atomic mass is 35.5. The first-order chi connectivity index (χ1) is 10.0. The zero-order chi connectivity index (χ0) is 15.4. The van der Waals surface area contributed by atoms with Gasteiger partial charge in [-0.25, -0.2) is 8.78 Å². The summed E-state index contributed by atoms with van der Waals surface area (Å²) in [6.45, 7) is 0. The van der Waals surface area contributed by atoms with Gasteiger partial charge in [-0.1, -0.05) is 18.2 Å². The lowest BCUT2D eigenvalue weighted by atomic mass is 10.0. The highest BCUT2D eigenvalue weighted by Crippen LogP contribution is 2.24. The molecule has 0 fully saturated rings. The second-order valence-corrected chi connectivity index (χ2v) is 5.46. The molecule has 2 rings (SSSR count). The highest BCUT2D eigenvalue weighted by molar-refractivity contribution is 7.98. The Labute approximate surface area is 130 Å². The van der Waals surface area contributed by atoms with Crippen LogP contribution >= 0.6 is 23.4 Å². The molecular formula is C16H11ClF2OS. The summed E-state index contributed by atoms with van der Waals surface area (Å²) in [6, 6.07) is 10.7. The summed E-state index contributed by atoms with van der Waals surface area (Å²) in [5.41, 5.74) is 1.11. The number of carbonyl (C=O) groups is 1. The van der Waals surface area contributed by atoms with Crippen molar-refractivity contribution in [2.24, 2.45) is 0 Å². The number of rotatable bonds is 4. The molecule has 0 aliphatic rings. The number of thioether (sulfide) groups is 1. The van der Waals surface area contributed by atoms with Gasteiger partial charge in [0.25, 0.3) is 5.24 Å². The van der Waals surface area contributed by atoms with Crippen molar-refractivity contribution in [3.8, 4) is 0 Å². The van der Waals surface area contributed by atoms with Gasteiger partial charge in [-0.15, -0.1) is 11.8 Å². The van der Waals surface area contributed by atoms with Gasteiger partial charge in [0.2, 0.25) is 0 Å². The maximum Gasteiger partial charge on any atom is 0.253 e. The predicted octanol–water partition coefficient (Wildman–Crippen LogP) is 4.99. The lowest BCUT2D eigenvalue weighted by Gasteiger charge is -2.05. The van der Waals surface area contributed by atoms with Crippen molar-refractivity contribution in [1.29, 1.82) is 0 Å². The Balaban J connectivity index is 2.44. The van der Waals surface area contributed by atoms with Crippen LogP contribution in [0.4, 0.5) is 8.78 Å². The van der Waals surface area contributed by atoms with Crippen molar-refractivity contribution < 1.29 is 13.6 Å². The average Bonchev–Trinajstić information content (AvgIpc) is 2.48. The van der Waals surface area contributed by atoms with Crippen molar-refractivity contribution in [3.05, 3.63) is 65.2 Å². The molecular weight excluding hydrogens is 314 g/mol. The Morgan fingerprint density at radius 1 is 1.10 bits per heavy atom. The standard InChI is InChI=1S/C16H11ClF2OS/c1-21-12-5-2-10(3-6-12)8-13(16(17)20)11-4-7-14(18)15(19)9-11/h2-9H,1H3/b13-8-. The molecule has 0 saturated heterocycles. The summed E-state index contributed by atoms with van der Waals surface area (Å²) in [7, 11) is 0. The lowest BCUT2D eigenvalue weighted by Crippen LogP contribution is -1.95. The molecule has 0 saturated carbocycles. The lowest BCUT2D eigenvalue weighted by molar-refractivity contribution is -0.106. The Kier molecular flexibility index (Phi) is 5.15. The molecule has 1 nitrogen and oxygen atoms in total. The molecule has 0 aliphatic carbocycles. The van der Waals surface area contributed by atoms with Crippen molar-refractivity contribution in [2.45, 2.75) is 4.90 Å². The molecule has 0 amide bonds. The van der Waals surface area contributed by atoms with Gasteiger partial charge in [0.05, 0.1) is 0 Å². The van der Waals surface area contributed by atoms with Gasteiger partial charge in [0, 0.05) is 10.5 Å². The first kappa shape index (κ1) is 15.7. The van der Waals surface area contributed by atoms with E-state index in [1.807, 2.05) is 30.5 Å². The van der Waals surface area contributed by atoms with Crippen LogP contribution in [0.1, 0.15) is 11.1 Å². The van der Waals surface area contributed by atoms with Crippen molar-refractivity contribution in [1.82, 2.24) is 0 Å². The Morgan fingerprint density at radius 2 is 1.76 bits per heavy atom. The fraction of sp³-hybridized carbons (Fsp3) is 0.0625. The van der Waals surface area contributed by atoms with Gasteiger partial charge in [0.1, 0.15) is 0 Å². The van der Waals surface area contributed by atoms with Gasteiger partial charge in [0.15, 0.2) is 11.6 Å².